The summed E-state index contributed by atoms with van der Waals surface area (Å²) in [5.41, 5.74) is 0.305. The van der Waals surface area contributed by atoms with Crippen molar-refractivity contribution in [2.45, 2.75) is 26.2 Å². The molecule has 1 aliphatic rings. The van der Waals surface area contributed by atoms with Gasteiger partial charge in [0.05, 0.1) is 5.39 Å². The third-order valence-corrected chi connectivity index (χ3v) is 3.80. The minimum absolute atomic E-state index is 0.146. The number of hydrogen-bond acceptors (Lipinski definition) is 3. The minimum Gasteiger partial charge on any atom is -0.451 e. The fourth-order valence-corrected chi connectivity index (χ4v) is 2.52. The Morgan fingerprint density at radius 3 is 2.81 bits per heavy atom. The number of carbonyl (C=O) groups excluding carboxylic acids is 1. The van der Waals surface area contributed by atoms with Crippen LogP contribution in [0.2, 0.25) is 0 Å². The second kappa shape index (κ2) is 5.72. The van der Waals surface area contributed by atoms with E-state index in [1.807, 2.05) is 11.8 Å². The Kier molecular flexibility index (Phi) is 3.78. The van der Waals surface area contributed by atoms with E-state index in [1.54, 1.807) is 24.3 Å². The number of benzene rings is 1. The fraction of sp³-hybridized carbons (Fsp3) is 0.412. The van der Waals surface area contributed by atoms with E-state index in [0.29, 0.717) is 23.4 Å². The van der Waals surface area contributed by atoms with Crippen LogP contribution in [0.15, 0.2) is 39.5 Å². The van der Waals surface area contributed by atoms with Crippen LogP contribution in [0.3, 0.4) is 0 Å². The van der Waals surface area contributed by atoms with Crippen molar-refractivity contribution in [3.63, 3.8) is 0 Å². The summed E-state index contributed by atoms with van der Waals surface area (Å²) in [4.78, 5) is 26.5. The Morgan fingerprint density at radius 2 is 2.10 bits per heavy atom. The summed E-state index contributed by atoms with van der Waals surface area (Å²) in [5.74, 6) is 0.590. The lowest BCUT2D eigenvalue weighted by Crippen LogP contribution is -2.34. The molecule has 0 unspecified atom stereocenters. The molecule has 21 heavy (non-hydrogen) atoms. The van der Waals surface area contributed by atoms with Gasteiger partial charge in [-0.25, -0.2) is 0 Å². The maximum atomic E-state index is 12.6. The highest BCUT2D eigenvalue weighted by Crippen LogP contribution is 2.30. The van der Waals surface area contributed by atoms with Crippen LogP contribution < -0.4 is 5.43 Å². The predicted molar refractivity (Wildman–Crippen MR) is 81.4 cm³/mol. The van der Waals surface area contributed by atoms with Crippen molar-refractivity contribution in [3.05, 3.63) is 46.3 Å². The Hall–Kier alpha value is -2.10. The number of fused-ring (bicyclic) bond motifs is 1. The summed E-state index contributed by atoms with van der Waals surface area (Å²) in [6.45, 7) is 3.51. The number of amides is 1. The first-order valence-corrected chi connectivity index (χ1v) is 7.51. The van der Waals surface area contributed by atoms with Crippen LogP contribution in [-0.2, 0) is 0 Å². The maximum Gasteiger partial charge on any atom is 0.289 e. The van der Waals surface area contributed by atoms with Crippen molar-refractivity contribution >= 4 is 16.9 Å². The summed E-state index contributed by atoms with van der Waals surface area (Å²) < 4.78 is 5.64. The number of para-hydroxylation sites is 1. The Labute approximate surface area is 123 Å². The van der Waals surface area contributed by atoms with Gasteiger partial charge in [0.1, 0.15) is 5.58 Å². The van der Waals surface area contributed by atoms with Crippen LogP contribution in [0.5, 0.6) is 0 Å². The van der Waals surface area contributed by atoms with Crippen molar-refractivity contribution in [1.29, 1.82) is 0 Å². The molecule has 0 radical (unpaired) electrons. The summed E-state index contributed by atoms with van der Waals surface area (Å²) in [6, 6.07) is 8.34. The van der Waals surface area contributed by atoms with Crippen LogP contribution in [0.25, 0.3) is 11.0 Å². The second-order valence-electron chi connectivity index (χ2n) is 5.67. The molecular formula is C17H19NO3. The molecular weight excluding hydrogens is 266 g/mol. The van der Waals surface area contributed by atoms with Crippen LogP contribution in [0, 0.1) is 5.92 Å². The predicted octanol–water partition coefficient (Wildman–Crippen LogP) is 3.06. The van der Waals surface area contributed by atoms with Crippen LogP contribution >= 0.6 is 0 Å². The zero-order chi connectivity index (χ0) is 14.8. The smallest absolute Gasteiger partial charge is 0.289 e. The third-order valence-electron chi connectivity index (χ3n) is 3.80. The van der Waals surface area contributed by atoms with E-state index in [2.05, 4.69) is 0 Å². The first-order valence-electron chi connectivity index (χ1n) is 7.51. The van der Waals surface area contributed by atoms with Gasteiger partial charge in [-0.1, -0.05) is 19.1 Å². The van der Waals surface area contributed by atoms with Crippen molar-refractivity contribution in [1.82, 2.24) is 4.90 Å². The number of hydrogen-bond donors (Lipinski definition) is 0. The quantitative estimate of drug-likeness (QED) is 0.848. The molecule has 0 spiro atoms. The van der Waals surface area contributed by atoms with Gasteiger partial charge in [-0.2, -0.15) is 0 Å². The van der Waals surface area contributed by atoms with Crippen molar-refractivity contribution in [2.24, 2.45) is 5.92 Å². The van der Waals surface area contributed by atoms with Gasteiger partial charge in [0, 0.05) is 19.2 Å². The largest absolute Gasteiger partial charge is 0.451 e. The van der Waals surface area contributed by atoms with Crippen molar-refractivity contribution < 1.29 is 9.21 Å². The van der Waals surface area contributed by atoms with E-state index < -0.39 is 0 Å². The molecule has 1 aromatic heterocycles. The average molecular weight is 285 g/mol. The molecule has 2 aromatic rings. The number of rotatable bonds is 5. The summed E-state index contributed by atoms with van der Waals surface area (Å²) >= 11 is 0. The Balaban J connectivity index is 1.93. The Bertz CT molecular complexity index is 715. The third kappa shape index (κ3) is 2.99. The molecule has 1 aromatic carbocycles. The molecule has 1 amide bonds. The van der Waals surface area contributed by atoms with Gasteiger partial charge in [0.25, 0.3) is 5.91 Å². The molecule has 4 heteroatoms. The van der Waals surface area contributed by atoms with Crippen molar-refractivity contribution in [2.75, 3.05) is 13.1 Å². The monoisotopic (exact) mass is 285 g/mol. The van der Waals surface area contributed by atoms with E-state index in [9.17, 15) is 9.59 Å². The van der Waals surface area contributed by atoms with Crippen LogP contribution in [-0.4, -0.2) is 23.9 Å². The molecule has 1 aliphatic carbocycles. The molecule has 0 atom stereocenters. The summed E-state index contributed by atoms with van der Waals surface area (Å²) in [6.07, 6.45) is 3.28. The van der Waals surface area contributed by atoms with Gasteiger partial charge < -0.3 is 9.32 Å². The van der Waals surface area contributed by atoms with Gasteiger partial charge in [-0.05, 0) is 37.3 Å². The lowest BCUT2D eigenvalue weighted by atomic mass is 10.2. The van der Waals surface area contributed by atoms with E-state index in [0.717, 1.165) is 13.0 Å². The van der Waals surface area contributed by atoms with Crippen molar-refractivity contribution in [3.8, 4) is 0 Å². The molecule has 0 saturated heterocycles. The molecule has 0 bridgehead atoms. The first-order chi connectivity index (χ1) is 10.2. The molecule has 4 nitrogen and oxygen atoms in total. The van der Waals surface area contributed by atoms with Gasteiger partial charge in [-0.3, -0.25) is 9.59 Å². The minimum atomic E-state index is -0.174. The highest BCUT2D eigenvalue weighted by molar-refractivity contribution is 5.93. The molecule has 3 rings (SSSR count). The summed E-state index contributed by atoms with van der Waals surface area (Å²) in [5, 5.41) is 0.512. The van der Waals surface area contributed by atoms with E-state index in [4.69, 9.17) is 4.42 Å². The lowest BCUT2D eigenvalue weighted by Gasteiger charge is -2.21. The zero-order valence-electron chi connectivity index (χ0n) is 12.2. The SMILES string of the molecule is CCCN(CC1CC1)C(=O)c1cc(=O)c2ccccc2o1. The normalized spacial score (nSPS) is 14.3. The number of nitrogens with zero attached hydrogens (tertiary/aromatic N) is 1. The maximum absolute atomic E-state index is 12.6. The van der Waals surface area contributed by atoms with E-state index in [-0.39, 0.29) is 17.1 Å². The fourth-order valence-electron chi connectivity index (χ4n) is 2.52. The molecule has 0 aliphatic heterocycles. The van der Waals surface area contributed by atoms with E-state index >= 15 is 0 Å². The molecule has 0 N–H and O–H groups in total. The highest BCUT2D eigenvalue weighted by atomic mass is 16.3. The number of carbonyl (C=O) groups is 1. The van der Waals surface area contributed by atoms with Crippen LogP contribution in [0.4, 0.5) is 0 Å². The topological polar surface area (TPSA) is 50.5 Å². The Morgan fingerprint density at radius 1 is 1.33 bits per heavy atom. The standard InChI is InChI=1S/C17H19NO3/c1-2-9-18(11-12-7-8-12)17(20)16-10-14(19)13-5-3-4-6-15(13)21-16/h3-6,10,12H,2,7-9,11H2,1H3. The van der Waals surface area contributed by atoms with Gasteiger partial charge in [0.15, 0.2) is 11.2 Å². The second-order valence-corrected chi connectivity index (χ2v) is 5.67. The molecule has 110 valence electrons. The zero-order valence-corrected chi connectivity index (χ0v) is 12.2. The van der Waals surface area contributed by atoms with Gasteiger partial charge in [0.2, 0.25) is 0 Å². The van der Waals surface area contributed by atoms with Gasteiger partial charge in [-0.15, -0.1) is 0 Å². The average Bonchev–Trinajstić information content (AvgIpc) is 3.30. The first kappa shape index (κ1) is 13.9. The lowest BCUT2D eigenvalue weighted by molar-refractivity contribution is 0.0716. The molecule has 1 heterocycles. The van der Waals surface area contributed by atoms with Gasteiger partial charge >= 0.3 is 0 Å². The highest BCUT2D eigenvalue weighted by Gasteiger charge is 2.28. The molecule has 1 saturated carbocycles. The molecule has 1 fully saturated rings. The summed E-state index contributed by atoms with van der Waals surface area (Å²) in [7, 11) is 0. The van der Waals surface area contributed by atoms with E-state index in [1.165, 1.54) is 18.9 Å². The van der Waals surface area contributed by atoms with Crippen LogP contribution in [0.1, 0.15) is 36.7 Å².